The topological polar surface area (TPSA) is 46.3 Å². The Hall–Kier alpha value is -1.26. The molecule has 5 heteroatoms. The summed E-state index contributed by atoms with van der Waals surface area (Å²) in [6.45, 7) is 5.17. The molecule has 2 heterocycles. The van der Waals surface area contributed by atoms with E-state index in [0.29, 0.717) is 27.5 Å². The molecule has 2 aromatic rings. The molecule has 1 aliphatic heterocycles. The number of carbonyl (C=O) groups is 1. The molecule has 1 amide bonds. The van der Waals surface area contributed by atoms with Crippen LogP contribution in [0.2, 0.25) is 5.02 Å². The SMILES string of the molecule is CC(C)C1CCCN1C(=O)c1sc2cc(Cl)ccc2c1N. The van der Waals surface area contributed by atoms with Crippen molar-refractivity contribution >= 4 is 44.6 Å². The number of halogens is 1. The molecule has 1 saturated heterocycles. The van der Waals surface area contributed by atoms with Gasteiger partial charge in [0, 0.05) is 27.7 Å². The zero-order chi connectivity index (χ0) is 15.1. The van der Waals surface area contributed by atoms with Gasteiger partial charge < -0.3 is 10.6 Å². The van der Waals surface area contributed by atoms with E-state index in [1.807, 2.05) is 23.1 Å². The molecule has 21 heavy (non-hydrogen) atoms. The lowest BCUT2D eigenvalue weighted by Gasteiger charge is -2.27. The van der Waals surface area contributed by atoms with Gasteiger partial charge in [-0.2, -0.15) is 0 Å². The van der Waals surface area contributed by atoms with Crippen LogP contribution in [-0.2, 0) is 0 Å². The van der Waals surface area contributed by atoms with Gasteiger partial charge >= 0.3 is 0 Å². The summed E-state index contributed by atoms with van der Waals surface area (Å²) in [5.74, 6) is 0.544. The Bertz CT molecular complexity index is 695. The maximum Gasteiger partial charge on any atom is 0.266 e. The first kappa shape index (κ1) is 14.7. The normalized spacial score (nSPS) is 18.9. The second kappa shape index (κ2) is 5.50. The summed E-state index contributed by atoms with van der Waals surface area (Å²) in [7, 11) is 0. The summed E-state index contributed by atoms with van der Waals surface area (Å²) in [6, 6.07) is 5.90. The molecule has 0 aliphatic carbocycles. The molecule has 0 bridgehead atoms. The Morgan fingerprint density at radius 1 is 1.48 bits per heavy atom. The van der Waals surface area contributed by atoms with E-state index in [1.54, 1.807) is 0 Å². The monoisotopic (exact) mass is 322 g/mol. The van der Waals surface area contributed by atoms with Crippen LogP contribution in [0.4, 0.5) is 5.69 Å². The summed E-state index contributed by atoms with van der Waals surface area (Å²) >= 11 is 7.47. The van der Waals surface area contributed by atoms with E-state index in [1.165, 1.54) is 11.3 Å². The predicted octanol–water partition coefficient (Wildman–Crippen LogP) is 4.40. The largest absolute Gasteiger partial charge is 0.397 e. The quantitative estimate of drug-likeness (QED) is 0.890. The van der Waals surface area contributed by atoms with Gasteiger partial charge in [-0.25, -0.2) is 0 Å². The number of hydrogen-bond donors (Lipinski definition) is 1. The zero-order valence-electron chi connectivity index (χ0n) is 12.2. The molecule has 1 aliphatic rings. The highest BCUT2D eigenvalue weighted by Crippen LogP contribution is 2.37. The van der Waals surface area contributed by atoms with Gasteiger partial charge in [-0.1, -0.05) is 25.4 Å². The molecule has 112 valence electrons. The minimum atomic E-state index is 0.0704. The van der Waals surface area contributed by atoms with E-state index in [4.69, 9.17) is 17.3 Å². The first-order valence-corrected chi connectivity index (χ1v) is 8.47. The molecule has 0 spiro atoms. The molecule has 0 radical (unpaired) electrons. The summed E-state index contributed by atoms with van der Waals surface area (Å²) in [5.41, 5.74) is 6.79. The molecule has 1 atom stereocenters. The molecule has 1 fully saturated rings. The lowest BCUT2D eigenvalue weighted by Crippen LogP contribution is -2.38. The number of anilines is 1. The van der Waals surface area contributed by atoms with Crippen LogP contribution in [0.15, 0.2) is 18.2 Å². The van der Waals surface area contributed by atoms with Gasteiger partial charge in [0.25, 0.3) is 5.91 Å². The highest BCUT2D eigenvalue weighted by Gasteiger charge is 2.33. The van der Waals surface area contributed by atoms with Crippen molar-refractivity contribution in [2.75, 3.05) is 12.3 Å². The number of benzene rings is 1. The first-order valence-electron chi connectivity index (χ1n) is 7.27. The van der Waals surface area contributed by atoms with E-state index in [0.717, 1.165) is 29.5 Å². The van der Waals surface area contributed by atoms with Gasteiger partial charge in [0.15, 0.2) is 0 Å². The van der Waals surface area contributed by atoms with Crippen molar-refractivity contribution < 1.29 is 4.79 Å². The first-order chi connectivity index (χ1) is 9.99. The van der Waals surface area contributed by atoms with Crippen LogP contribution in [0.3, 0.4) is 0 Å². The Balaban J connectivity index is 2.00. The van der Waals surface area contributed by atoms with Gasteiger partial charge in [0.2, 0.25) is 0 Å². The average molecular weight is 323 g/mol. The fourth-order valence-electron chi connectivity index (χ4n) is 3.12. The van der Waals surface area contributed by atoms with Crippen molar-refractivity contribution in [1.29, 1.82) is 0 Å². The molecular weight excluding hydrogens is 304 g/mol. The average Bonchev–Trinajstić information content (AvgIpc) is 3.03. The molecule has 1 aromatic carbocycles. The minimum Gasteiger partial charge on any atom is -0.397 e. The Morgan fingerprint density at radius 3 is 2.95 bits per heavy atom. The van der Waals surface area contributed by atoms with E-state index < -0.39 is 0 Å². The van der Waals surface area contributed by atoms with Crippen molar-refractivity contribution in [1.82, 2.24) is 4.90 Å². The number of nitrogens with two attached hydrogens (primary N) is 1. The fourth-order valence-corrected chi connectivity index (χ4v) is 4.47. The minimum absolute atomic E-state index is 0.0704. The number of hydrogen-bond acceptors (Lipinski definition) is 3. The number of carbonyl (C=O) groups excluding carboxylic acids is 1. The number of amides is 1. The predicted molar refractivity (Wildman–Crippen MR) is 90.1 cm³/mol. The molecule has 3 rings (SSSR count). The van der Waals surface area contributed by atoms with Crippen LogP contribution < -0.4 is 5.73 Å². The van der Waals surface area contributed by atoms with E-state index in [2.05, 4.69) is 13.8 Å². The lowest BCUT2D eigenvalue weighted by molar-refractivity contribution is 0.0707. The molecule has 0 saturated carbocycles. The second-order valence-electron chi connectivity index (χ2n) is 5.94. The van der Waals surface area contributed by atoms with Crippen LogP contribution in [0, 0.1) is 5.92 Å². The smallest absolute Gasteiger partial charge is 0.266 e. The van der Waals surface area contributed by atoms with Gasteiger partial charge in [-0.3, -0.25) is 4.79 Å². The summed E-state index contributed by atoms with van der Waals surface area (Å²) in [4.78, 5) is 15.5. The van der Waals surface area contributed by atoms with Crippen LogP contribution in [0.1, 0.15) is 36.4 Å². The lowest BCUT2D eigenvalue weighted by atomic mass is 10.0. The van der Waals surface area contributed by atoms with Crippen LogP contribution >= 0.6 is 22.9 Å². The fraction of sp³-hybridized carbons (Fsp3) is 0.438. The van der Waals surface area contributed by atoms with Gasteiger partial charge in [0.1, 0.15) is 4.88 Å². The number of nitrogens with zero attached hydrogens (tertiary/aromatic N) is 1. The van der Waals surface area contributed by atoms with E-state index in [9.17, 15) is 4.79 Å². The standard InChI is InChI=1S/C16H19ClN2OS/c1-9(2)12-4-3-7-19(12)16(20)15-14(18)11-6-5-10(17)8-13(11)21-15/h5-6,8-9,12H,3-4,7,18H2,1-2H3. The summed E-state index contributed by atoms with van der Waals surface area (Å²) in [5, 5.41) is 1.59. The van der Waals surface area contributed by atoms with Crippen molar-refractivity contribution in [3.05, 3.63) is 28.1 Å². The Kier molecular flexibility index (Phi) is 3.84. The van der Waals surface area contributed by atoms with Crippen molar-refractivity contribution in [2.45, 2.75) is 32.7 Å². The Labute approximate surface area is 133 Å². The summed E-state index contributed by atoms with van der Waals surface area (Å²) in [6.07, 6.45) is 2.16. The van der Waals surface area contributed by atoms with Gasteiger partial charge in [-0.05, 0) is 37.0 Å². The van der Waals surface area contributed by atoms with Gasteiger partial charge in [-0.15, -0.1) is 11.3 Å². The summed E-state index contributed by atoms with van der Waals surface area (Å²) < 4.78 is 0.976. The number of thiophene rings is 1. The molecular formula is C16H19ClN2OS. The third-order valence-electron chi connectivity index (χ3n) is 4.21. The molecule has 3 nitrogen and oxygen atoms in total. The van der Waals surface area contributed by atoms with E-state index >= 15 is 0 Å². The molecule has 2 N–H and O–H groups in total. The maximum atomic E-state index is 12.9. The molecule has 1 aromatic heterocycles. The Morgan fingerprint density at radius 2 is 2.24 bits per heavy atom. The van der Waals surface area contributed by atoms with Crippen molar-refractivity contribution in [2.24, 2.45) is 5.92 Å². The van der Waals surface area contributed by atoms with E-state index in [-0.39, 0.29) is 5.91 Å². The third-order valence-corrected chi connectivity index (χ3v) is 5.61. The second-order valence-corrected chi connectivity index (χ2v) is 7.43. The van der Waals surface area contributed by atoms with Crippen LogP contribution in [-0.4, -0.2) is 23.4 Å². The molecule has 1 unspecified atom stereocenters. The van der Waals surface area contributed by atoms with Crippen molar-refractivity contribution in [3.8, 4) is 0 Å². The van der Waals surface area contributed by atoms with Crippen LogP contribution in [0.5, 0.6) is 0 Å². The van der Waals surface area contributed by atoms with Crippen molar-refractivity contribution in [3.63, 3.8) is 0 Å². The number of rotatable bonds is 2. The number of nitrogen functional groups attached to an aromatic ring is 1. The third kappa shape index (κ3) is 2.51. The maximum absolute atomic E-state index is 12.9. The van der Waals surface area contributed by atoms with Gasteiger partial charge in [0.05, 0.1) is 5.69 Å². The van der Waals surface area contributed by atoms with Crippen LogP contribution in [0.25, 0.3) is 10.1 Å². The number of likely N-dealkylation sites (tertiary alicyclic amines) is 1. The highest BCUT2D eigenvalue weighted by molar-refractivity contribution is 7.21. The highest BCUT2D eigenvalue weighted by atomic mass is 35.5. The number of fused-ring (bicyclic) bond motifs is 1. The zero-order valence-corrected chi connectivity index (χ0v) is 13.8.